The zero-order valence-corrected chi connectivity index (χ0v) is 21.3. The highest BCUT2D eigenvalue weighted by Gasteiger charge is 2.39. The van der Waals surface area contributed by atoms with Crippen LogP contribution in [0.15, 0.2) is 113 Å². The molecule has 0 aromatic heterocycles. The summed E-state index contributed by atoms with van der Waals surface area (Å²) in [6.07, 6.45) is -4.71. The zero-order chi connectivity index (χ0) is 28.4. The third kappa shape index (κ3) is 5.78. The fourth-order valence-electron chi connectivity index (χ4n) is 3.53. The van der Waals surface area contributed by atoms with Gasteiger partial charge in [-0.05, 0) is 60.7 Å². The van der Waals surface area contributed by atoms with E-state index in [9.17, 15) is 34.8 Å². The van der Waals surface area contributed by atoms with E-state index in [1.165, 1.54) is 36.4 Å². The average molecular weight is 579 g/mol. The van der Waals surface area contributed by atoms with Crippen LogP contribution in [-0.2, 0) is 26.2 Å². The summed E-state index contributed by atoms with van der Waals surface area (Å²) in [7, 11) is -9.87. The first-order valence-corrected chi connectivity index (χ1v) is 13.9. The molecular weight excluding hydrogens is 560 g/mol. The third-order valence-electron chi connectivity index (χ3n) is 5.37. The molecule has 0 spiro atoms. The normalized spacial score (nSPS) is 12.1. The molecule has 0 aliphatic rings. The van der Waals surface area contributed by atoms with Crippen molar-refractivity contribution < 1.29 is 39.2 Å². The van der Waals surface area contributed by atoms with E-state index in [4.69, 9.17) is 0 Å². The number of halogens is 4. The van der Waals surface area contributed by atoms with Crippen molar-refractivity contribution >= 4 is 37.3 Å². The van der Waals surface area contributed by atoms with Crippen LogP contribution in [0.5, 0.6) is 0 Å². The largest absolute Gasteiger partial charge is 0.416 e. The van der Waals surface area contributed by atoms with Crippen molar-refractivity contribution in [3.05, 3.63) is 120 Å². The van der Waals surface area contributed by atoms with Gasteiger partial charge < -0.3 is 5.32 Å². The number of nitrogens with one attached hydrogen (secondary N) is 1. The Bertz CT molecular complexity index is 1660. The standard InChI is InChI=1S/C26H18F4N2O5S2/c27-23-15-14-20(31-25(33)18-8-7-9-19(16-18)26(28,29)30)17-24(23)32(38(34,35)21-10-3-1-4-11-21)39(36,37)22-12-5-2-6-13-22/h1-17H,(H,31,33). The van der Waals surface area contributed by atoms with E-state index in [-0.39, 0.29) is 15.0 Å². The molecule has 4 aromatic carbocycles. The number of sulfonamides is 2. The summed E-state index contributed by atoms with van der Waals surface area (Å²) in [6.45, 7) is 0. The lowest BCUT2D eigenvalue weighted by Crippen LogP contribution is -2.37. The number of amides is 1. The van der Waals surface area contributed by atoms with Crippen LogP contribution in [0.25, 0.3) is 0 Å². The number of rotatable bonds is 7. The molecule has 0 fully saturated rings. The fourth-order valence-corrected chi connectivity index (χ4v) is 7.27. The van der Waals surface area contributed by atoms with Gasteiger partial charge in [-0.3, -0.25) is 4.79 Å². The van der Waals surface area contributed by atoms with Gasteiger partial charge in [0.2, 0.25) is 0 Å². The second kappa shape index (κ2) is 10.5. The Morgan fingerprint density at radius 3 is 1.74 bits per heavy atom. The monoisotopic (exact) mass is 578 g/mol. The van der Waals surface area contributed by atoms with E-state index in [2.05, 4.69) is 5.32 Å². The van der Waals surface area contributed by atoms with Crippen LogP contribution in [0.1, 0.15) is 15.9 Å². The number of hydrogen-bond donors (Lipinski definition) is 1. The van der Waals surface area contributed by atoms with Gasteiger partial charge in [0.05, 0.1) is 15.4 Å². The summed E-state index contributed by atoms with van der Waals surface area (Å²) in [4.78, 5) is 11.8. The Hall–Kier alpha value is -4.23. The molecule has 7 nitrogen and oxygen atoms in total. The Balaban J connectivity index is 1.82. The lowest BCUT2D eigenvalue weighted by Gasteiger charge is -2.25. The maximum atomic E-state index is 15.1. The van der Waals surface area contributed by atoms with Crippen LogP contribution in [0.4, 0.5) is 28.9 Å². The molecule has 1 amide bonds. The Kier molecular flexibility index (Phi) is 7.48. The first-order valence-electron chi connectivity index (χ1n) is 11.0. The molecule has 0 heterocycles. The topological polar surface area (TPSA) is 101 Å². The molecular formula is C26H18F4N2O5S2. The van der Waals surface area contributed by atoms with Gasteiger partial charge in [0.15, 0.2) is 0 Å². The molecule has 1 N–H and O–H groups in total. The average Bonchev–Trinajstić information content (AvgIpc) is 2.91. The zero-order valence-electron chi connectivity index (χ0n) is 19.6. The first-order chi connectivity index (χ1) is 18.3. The van der Waals surface area contributed by atoms with E-state index in [0.717, 1.165) is 60.7 Å². The van der Waals surface area contributed by atoms with Crippen LogP contribution in [0, 0.1) is 5.82 Å². The van der Waals surface area contributed by atoms with Crippen molar-refractivity contribution in [3.63, 3.8) is 0 Å². The van der Waals surface area contributed by atoms with Crippen LogP contribution < -0.4 is 9.03 Å². The molecule has 39 heavy (non-hydrogen) atoms. The molecule has 0 unspecified atom stereocenters. The van der Waals surface area contributed by atoms with Gasteiger partial charge in [0, 0.05) is 11.3 Å². The number of carbonyl (C=O) groups excluding carboxylic acids is 1. The van der Waals surface area contributed by atoms with Gasteiger partial charge in [-0.25, -0.2) is 21.2 Å². The minimum Gasteiger partial charge on any atom is -0.322 e. The summed E-state index contributed by atoms with van der Waals surface area (Å²) < 4.78 is 109. The maximum Gasteiger partial charge on any atom is 0.416 e. The van der Waals surface area contributed by atoms with Crippen LogP contribution >= 0.6 is 0 Å². The number of anilines is 2. The lowest BCUT2D eigenvalue weighted by molar-refractivity contribution is -0.137. The quantitative estimate of drug-likeness (QED) is 0.285. The minimum atomic E-state index is -4.93. The predicted octanol–water partition coefficient (Wildman–Crippen LogP) is 5.68. The molecule has 0 aliphatic carbocycles. The van der Waals surface area contributed by atoms with E-state index < -0.39 is 59.0 Å². The van der Waals surface area contributed by atoms with Gasteiger partial charge in [-0.15, -0.1) is 0 Å². The maximum absolute atomic E-state index is 15.1. The summed E-state index contributed by atoms with van der Waals surface area (Å²) in [5, 5.41) is 2.25. The van der Waals surface area contributed by atoms with Crippen LogP contribution in [0.2, 0.25) is 0 Å². The molecule has 0 radical (unpaired) electrons. The van der Waals surface area contributed by atoms with Crippen molar-refractivity contribution in [1.82, 2.24) is 0 Å². The summed E-state index contributed by atoms with van der Waals surface area (Å²) in [5.74, 6) is -2.28. The summed E-state index contributed by atoms with van der Waals surface area (Å²) in [6, 6.07) is 18.9. The van der Waals surface area contributed by atoms with Crippen molar-refractivity contribution in [3.8, 4) is 0 Å². The molecule has 0 atom stereocenters. The lowest BCUT2D eigenvalue weighted by atomic mass is 10.1. The van der Waals surface area contributed by atoms with Gasteiger partial charge in [0.1, 0.15) is 11.5 Å². The van der Waals surface area contributed by atoms with Gasteiger partial charge in [-0.1, -0.05) is 42.5 Å². The molecule has 0 bridgehead atoms. The van der Waals surface area contributed by atoms with Gasteiger partial charge in [0.25, 0.3) is 26.0 Å². The Morgan fingerprint density at radius 2 is 1.23 bits per heavy atom. The second-order valence-corrected chi connectivity index (χ2v) is 11.8. The van der Waals surface area contributed by atoms with E-state index in [1.54, 1.807) is 0 Å². The number of nitrogens with zero attached hydrogens (tertiary/aromatic N) is 1. The SMILES string of the molecule is O=C(Nc1ccc(F)c(N(S(=O)(=O)c2ccccc2)S(=O)(=O)c2ccccc2)c1)c1cccc(C(F)(F)F)c1. The van der Waals surface area contributed by atoms with E-state index in [1.807, 2.05) is 0 Å². The molecule has 202 valence electrons. The van der Waals surface area contributed by atoms with Crippen molar-refractivity contribution in [1.29, 1.82) is 0 Å². The number of benzene rings is 4. The first kappa shape index (κ1) is 27.8. The van der Waals surface area contributed by atoms with Crippen LogP contribution in [0.3, 0.4) is 0 Å². The molecule has 0 saturated heterocycles. The van der Waals surface area contributed by atoms with Gasteiger partial charge in [-0.2, -0.15) is 16.9 Å². The highest BCUT2D eigenvalue weighted by molar-refractivity contribution is 8.10. The van der Waals surface area contributed by atoms with Crippen molar-refractivity contribution in [2.45, 2.75) is 16.0 Å². The highest BCUT2D eigenvalue weighted by Crippen LogP contribution is 2.35. The smallest absolute Gasteiger partial charge is 0.322 e. The molecule has 0 aliphatic heterocycles. The Morgan fingerprint density at radius 1 is 0.692 bits per heavy atom. The van der Waals surface area contributed by atoms with Crippen molar-refractivity contribution in [2.24, 2.45) is 0 Å². The molecule has 0 saturated carbocycles. The predicted molar refractivity (Wildman–Crippen MR) is 136 cm³/mol. The second-order valence-electron chi connectivity index (χ2n) is 8.03. The van der Waals surface area contributed by atoms with E-state index in [0.29, 0.717) is 6.07 Å². The van der Waals surface area contributed by atoms with Gasteiger partial charge >= 0.3 is 6.18 Å². The number of alkyl halides is 3. The molecule has 4 aromatic rings. The molecule has 13 heteroatoms. The minimum absolute atomic E-state index is 0.0834. The fraction of sp³-hybridized carbons (Fsp3) is 0.0385. The third-order valence-corrected chi connectivity index (χ3v) is 9.55. The number of carbonyl (C=O) groups is 1. The van der Waals surface area contributed by atoms with Crippen molar-refractivity contribution in [2.75, 3.05) is 9.03 Å². The van der Waals surface area contributed by atoms with E-state index >= 15 is 4.39 Å². The Labute approximate surface area is 221 Å². The summed E-state index contributed by atoms with van der Waals surface area (Å²) >= 11 is 0. The highest BCUT2D eigenvalue weighted by atomic mass is 32.3. The summed E-state index contributed by atoms with van der Waals surface area (Å²) in [5.41, 5.74) is -2.68. The number of hydrogen-bond acceptors (Lipinski definition) is 5. The van der Waals surface area contributed by atoms with Crippen LogP contribution in [-0.4, -0.2) is 22.7 Å². The molecule has 4 rings (SSSR count).